The molecule has 2 aliphatic heterocycles. The fourth-order valence-electron chi connectivity index (χ4n) is 1.67. The monoisotopic (exact) mass is 256 g/mol. The lowest BCUT2D eigenvalue weighted by atomic mass is 10.3. The zero-order chi connectivity index (χ0) is 13.1. The van der Waals surface area contributed by atoms with Gasteiger partial charge in [0.05, 0.1) is 25.3 Å². The smallest absolute Gasteiger partial charge is 0.410 e. The number of amides is 2. The molecule has 2 aliphatic rings. The van der Waals surface area contributed by atoms with Crippen LogP contribution in [0.15, 0.2) is 0 Å². The molecule has 0 aliphatic carbocycles. The molecule has 0 saturated carbocycles. The maximum absolute atomic E-state index is 11.3. The van der Waals surface area contributed by atoms with Crippen molar-refractivity contribution in [2.45, 2.75) is 38.8 Å². The molecule has 2 heterocycles. The molecule has 6 nitrogen and oxygen atoms in total. The zero-order valence-corrected chi connectivity index (χ0v) is 10.9. The van der Waals surface area contributed by atoms with Crippen LogP contribution in [0.3, 0.4) is 0 Å². The molecule has 0 spiro atoms. The first-order valence-corrected chi connectivity index (χ1v) is 6.46. The Morgan fingerprint density at radius 1 is 0.944 bits per heavy atom. The molecule has 102 valence electrons. The fraction of sp³-hybridized carbons (Fsp3) is 0.833. The maximum Gasteiger partial charge on any atom is 0.410 e. The highest BCUT2D eigenvalue weighted by atomic mass is 16.6. The van der Waals surface area contributed by atoms with E-state index in [4.69, 9.17) is 9.47 Å². The summed E-state index contributed by atoms with van der Waals surface area (Å²) in [5.74, 6) is 0. The number of rotatable bonds is 5. The average Bonchev–Trinajstić information content (AvgIpc) is 3.22. The largest absolute Gasteiger partial charge is 0.449 e. The van der Waals surface area contributed by atoms with E-state index in [2.05, 4.69) is 0 Å². The van der Waals surface area contributed by atoms with Crippen molar-refractivity contribution in [1.82, 2.24) is 9.80 Å². The van der Waals surface area contributed by atoms with Crippen LogP contribution in [-0.2, 0) is 9.47 Å². The van der Waals surface area contributed by atoms with Gasteiger partial charge >= 0.3 is 12.2 Å². The zero-order valence-electron chi connectivity index (χ0n) is 10.9. The minimum absolute atomic E-state index is 0.239. The van der Waals surface area contributed by atoms with Crippen molar-refractivity contribution in [1.29, 1.82) is 0 Å². The van der Waals surface area contributed by atoms with Crippen LogP contribution >= 0.6 is 0 Å². The van der Waals surface area contributed by atoms with Crippen molar-refractivity contribution in [3.63, 3.8) is 0 Å². The van der Waals surface area contributed by atoms with Gasteiger partial charge in [0.2, 0.25) is 0 Å². The van der Waals surface area contributed by atoms with Gasteiger partial charge < -0.3 is 19.3 Å². The summed E-state index contributed by atoms with van der Waals surface area (Å²) in [6, 6.07) is 0.654. The van der Waals surface area contributed by atoms with Gasteiger partial charge in [-0.2, -0.15) is 0 Å². The van der Waals surface area contributed by atoms with E-state index in [0.29, 0.717) is 25.3 Å². The first-order chi connectivity index (χ1) is 8.59. The summed E-state index contributed by atoms with van der Waals surface area (Å²) in [5, 5.41) is 0. The summed E-state index contributed by atoms with van der Waals surface area (Å²) in [5.41, 5.74) is 0. The van der Waals surface area contributed by atoms with Gasteiger partial charge in [-0.1, -0.05) is 0 Å². The lowest BCUT2D eigenvalue weighted by molar-refractivity contribution is 0.112. The third-order valence-electron chi connectivity index (χ3n) is 3.18. The second-order valence-corrected chi connectivity index (χ2v) is 4.94. The molecule has 0 radical (unpaired) electrons. The highest BCUT2D eigenvalue weighted by molar-refractivity contribution is 5.71. The summed E-state index contributed by atoms with van der Waals surface area (Å²) >= 11 is 0. The van der Waals surface area contributed by atoms with E-state index < -0.39 is 0 Å². The Morgan fingerprint density at radius 3 is 1.56 bits per heavy atom. The average molecular weight is 256 g/mol. The van der Waals surface area contributed by atoms with Gasteiger partial charge in [-0.25, -0.2) is 9.59 Å². The molecule has 0 bridgehead atoms. The lowest BCUT2D eigenvalue weighted by Crippen LogP contribution is -2.17. The van der Waals surface area contributed by atoms with Crippen LogP contribution < -0.4 is 0 Å². The number of carbonyl (C=O) groups excluding carboxylic acids is 2. The van der Waals surface area contributed by atoms with E-state index in [1.165, 1.54) is 0 Å². The minimum Gasteiger partial charge on any atom is -0.449 e. The van der Waals surface area contributed by atoms with E-state index in [1.807, 2.05) is 13.8 Å². The van der Waals surface area contributed by atoms with E-state index in [1.54, 1.807) is 9.80 Å². The second-order valence-electron chi connectivity index (χ2n) is 4.94. The Kier molecular flexibility index (Phi) is 3.93. The summed E-state index contributed by atoms with van der Waals surface area (Å²) in [4.78, 5) is 25.9. The van der Waals surface area contributed by atoms with Gasteiger partial charge in [0.1, 0.15) is 0 Å². The molecule has 2 saturated heterocycles. The van der Waals surface area contributed by atoms with Crippen molar-refractivity contribution < 1.29 is 19.1 Å². The van der Waals surface area contributed by atoms with Gasteiger partial charge in [-0.3, -0.25) is 0 Å². The molecule has 0 aromatic heterocycles. The van der Waals surface area contributed by atoms with Crippen LogP contribution in [0.2, 0.25) is 0 Å². The van der Waals surface area contributed by atoms with E-state index >= 15 is 0 Å². The number of ether oxygens (including phenoxy) is 2. The molecule has 18 heavy (non-hydrogen) atoms. The third kappa shape index (κ3) is 3.51. The van der Waals surface area contributed by atoms with E-state index in [0.717, 1.165) is 25.9 Å². The minimum atomic E-state index is -0.239. The normalized spacial score (nSPS) is 24.8. The van der Waals surface area contributed by atoms with Crippen molar-refractivity contribution in [3.8, 4) is 0 Å². The Labute approximate surface area is 107 Å². The Balaban J connectivity index is 1.42. The van der Waals surface area contributed by atoms with Gasteiger partial charge in [-0.15, -0.1) is 0 Å². The van der Waals surface area contributed by atoms with E-state index in [-0.39, 0.29) is 12.2 Å². The van der Waals surface area contributed by atoms with Crippen LogP contribution in [0.5, 0.6) is 0 Å². The van der Waals surface area contributed by atoms with Gasteiger partial charge in [0.15, 0.2) is 0 Å². The Hall–Kier alpha value is -1.46. The molecule has 2 fully saturated rings. The third-order valence-corrected chi connectivity index (χ3v) is 3.18. The van der Waals surface area contributed by atoms with Gasteiger partial charge in [-0.05, 0) is 26.7 Å². The number of unbranched alkanes of at least 4 members (excludes halogenated alkanes) is 1. The maximum atomic E-state index is 11.3. The van der Waals surface area contributed by atoms with Gasteiger partial charge in [0.25, 0.3) is 0 Å². The number of nitrogens with zero attached hydrogens (tertiary/aromatic N) is 2. The van der Waals surface area contributed by atoms with Crippen LogP contribution in [0.4, 0.5) is 9.59 Å². The molecular formula is C12H20N2O4. The van der Waals surface area contributed by atoms with Crippen LogP contribution in [0, 0.1) is 0 Å². The standard InChI is InChI=1S/C12H20N2O4/c1-9-7-13(9)11(15)17-5-3-4-6-18-12(16)14-8-10(14)2/h9-10H,3-8H2,1-2H3. The summed E-state index contributed by atoms with van der Waals surface area (Å²) in [7, 11) is 0. The first-order valence-electron chi connectivity index (χ1n) is 6.46. The van der Waals surface area contributed by atoms with Crippen molar-refractivity contribution in [3.05, 3.63) is 0 Å². The first kappa shape index (κ1) is 13.0. The summed E-state index contributed by atoms with van der Waals surface area (Å²) < 4.78 is 10.1. The van der Waals surface area contributed by atoms with Crippen LogP contribution in [0.25, 0.3) is 0 Å². The molecule has 0 N–H and O–H groups in total. The van der Waals surface area contributed by atoms with E-state index in [9.17, 15) is 9.59 Å². The molecule has 2 atom stereocenters. The predicted molar refractivity (Wildman–Crippen MR) is 64.3 cm³/mol. The molecular weight excluding hydrogens is 236 g/mol. The molecule has 2 unspecified atom stereocenters. The quantitative estimate of drug-likeness (QED) is 0.552. The second kappa shape index (κ2) is 5.46. The Bertz CT molecular complexity index is 302. The number of carbonyl (C=O) groups is 2. The van der Waals surface area contributed by atoms with Gasteiger partial charge in [0, 0.05) is 13.1 Å². The van der Waals surface area contributed by atoms with Crippen LogP contribution in [-0.4, -0.2) is 60.4 Å². The molecule has 6 heteroatoms. The summed E-state index contributed by atoms with van der Waals surface area (Å²) in [6.45, 7) is 6.33. The summed E-state index contributed by atoms with van der Waals surface area (Å²) in [6.07, 6.45) is 0.961. The lowest BCUT2D eigenvalue weighted by Gasteiger charge is -2.07. The molecule has 0 aromatic carbocycles. The molecule has 2 amide bonds. The fourth-order valence-corrected chi connectivity index (χ4v) is 1.67. The predicted octanol–water partition coefficient (Wildman–Crippen LogP) is 1.45. The molecule has 2 rings (SSSR count). The van der Waals surface area contributed by atoms with Crippen molar-refractivity contribution in [2.75, 3.05) is 26.3 Å². The number of hydrogen-bond acceptors (Lipinski definition) is 4. The highest BCUT2D eigenvalue weighted by Crippen LogP contribution is 2.18. The van der Waals surface area contributed by atoms with Crippen molar-refractivity contribution in [2.24, 2.45) is 0 Å². The Morgan fingerprint density at radius 2 is 1.28 bits per heavy atom. The SMILES string of the molecule is CC1CN1C(=O)OCCCCOC(=O)N1CC1C. The molecule has 0 aromatic rings. The topological polar surface area (TPSA) is 58.6 Å². The number of hydrogen-bond donors (Lipinski definition) is 0. The van der Waals surface area contributed by atoms with Crippen LogP contribution in [0.1, 0.15) is 26.7 Å². The van der Waals surface area contributed by atoms with Crippen molar-refractivity contribution >= 4 is 12.2 Å². The highest BCUT2D eigenvalue weighted by Gasteiger charge is 2.36.